The van der Waals surface area contributed by atoms with Crippen molar-refractivity contribution in [3.05, 3.63) is 0 Å². The summed E-state index contributed by atoms with van der Waals surface area (Å²) in [6.45, 7) is 0. The minimum Gasteiger partial charge on any atom is -0.480 e. The molecular weight excluding hydrogens is 200 g/mol. The molecule has 80 valence electrons. The number of cyclic esters (lactones) is 2. The number of rotatable bonds is 1. The summed E-state index contributed by atoms with van der Waals surface area (Å²) in [5, 5.41) is 9.23. The van der Waals surface area contributed by atoms with Crippen molar-refractivity contribution < 1.29 is 24.2 Å². The van der Waals surface area contributed by atoms with Crippen molar-refractivity contribution in [1.82, 2.24) is 0 Å². The number of carboxylic acid groups (broad SMARTS) is 1. The van der Waals surface area contributed by atoms with Gasteiger partial charge < -0.3 is 9.84 Å². The fourth-order valence-corrected chi connectivity index (χ4v) is 3.62. The van der Waals surface area contributed by atoms with Crippen LogP contribution < -0.4 is 0 Å². The molecule has 1 N–H and O–H groups in total. The lowest BCUT2D eigenvalue weighted by atomic mass is 9.64. The van der Waals surface area contributed by atoms with Gasteiger partial charge in [-0.1, -0.05) is 0 Å². The Morgan fingerprint density at radius 1 is 1.33 bits per heavy atom. The zero-order valence-electron chi connectivity index (χ0n) is 7.99. The van der Waals surface area contributed by atoms with E-state index in [2.05, 4.69) is 4.74 Å². The second kappa shape index (κ2) is 2.23. The molecule has 2 bridgehead atoms. The minimum atomic E-state index is -1.56. The van der Waals surface area contributed by atoms with E-state index in [1.54, 1.807) is 0 Å². The van der Waals surface area contributed by atoms with Crippen molar-refractivity contribution >= 4 is 17.9 Å². The molecule has 1 aliphatic heterocycles. The molecule has 2 aliphatic carbocycles. The number of hydrogen-bond donors (Lipinski definition) is 1. The molecular formula is C10H10O5. The first-order chi connectivity index (χ1) is 7.03. The molecule has 1 spiro atoms. The zero-order chi connectivity index (χ0) is 10.8. The molecule has 0 radical (unpaired) electrons. The standard InChI is InChI=1S/C10H10O5/c11-6(12)10-4-5-1-2-9(10,3-5)7(13)15-8(10)14/h5H,1-4H2,(H,11,12). The highest BCUT2D eigenvalue weighted by Gasteiger charge is 2.78. The first-order valence-corrected chi connectivity index (χ1v) is 5.03. The maximum atomic E-state index is 11.6. The van der Waals surface area contributed by atoms with E-state index < -0.39 is 28.7 Å². The summed E-state index contributed by atoms with van der Waals surface area (Å²) in [4.78, 5) is 34.5. The monoisotopic (exact) mass is 210 g/mol. The Kier molecular flexibility index (Phi) is 1.32. The molecule has 0 aromatic carbocycles. The van der Waals surface area contributed by atoms with Gasteiger partial charge >= 0.3 is 17.9 Å². The number of carboxylic acids is 1. The van der Waals surface area contributed by atoms with Crippen molar-refractivity contribution in [2.24, 2.45) is 16.7 Å². The Balaban J connectivity index is 2.23. The largest absolute Gasteiger partial charge is 0.480 e. The molecule has 5 nitrogen and oxygen atoms in total. The van der Waals surface area contributed by atoms with Crippen molar-refractivity contribution in [2.45, 2.75) is 25.7 Å². The predicted octanol–water partition coefficient (Wildman–Crippen LogP) is 0.331. The average Bonchev–Trinajstić information content (AvgIpc) is 2.77. The predicted molar refractivity (Wildman–Crippen MR) is 45.6 cm³/mol. The molecule has 3 fully saturated rings. The highest BCUT2D eigenvalue weighted by atomic mass is 16.6. The van der Waals surface area contributed by atoms with E-state index in [1.807, 2.05) is 0 Å². The molecule has 1 heterocycles. The number of esters is 2. The molecule has 3 unspecified atom stereocenters. The second-order valence-corrected chi connectivity index (χ2v) is 4.78. The molecule has 1 saturated heterocycles. The lowest BCUT2D eigenvalue weighted by molar-refractivity contribution is -0.164. The summed E-state index contributed by atoms with van der Waals surface area (Å²) in [5.74, 6) is -2.46. The van der Waals surface area contributed by atoms with Crippen LogP contribution in [0.5, 0.6) is 0 Å². The number of ether oxygens (including phenoxy) is 1. The maximum Gasteiger partial charge on any atom is 0.332 e. The van der Waals surface area contributed by atoms with Crippen LogP contribution in [-0.2, 0) is 19.1 Å². The van der Waals surface area contributed by atoms with Gasteiger partial charge in [0.15, 0.2) is 5.41 Å². The van der Waals surface area contributed by atoms with Crippen molar-refractivity contribution in [2.75, 3.05) is 0 Å². The quantitative estimate of drug-likeness (QED) is 0.498. The normalized spacial score (nSPS) is 46.8. The van der Waals surface area contributed by atoms with Gasteiger partial charge in [0, 0.05) is 0 Å². The fourth-order valence-electron chi connectivity index (χ4n) is 3.62. The molecule has 3 aliphatic rings. The van der Waals surface area contributed by atoms with E-state index >= 15 is 0 Å². The van der Waals surface area contributed by atoms with Gasteiger partial charge in [-0.15, -0.1) is 0 Å². The van der Waals surface area contributed by atoms with Gasteiger partial charge in [0.05, 0.1) is 5.41 Å². The highest BCUT2D eigenvalue weighted by Crippen LogP contribution is 2.68. The lowest BCUT2D eigenvalue weighted by Crippen LogP contribution is -2.47. The van der Waals surface area contributed by atoms with E-state index in [0.717, 1.165) is 6.42 Å². The number of carbonyl (C=O) groups excluding carboxylic acids is 2. The van der Waals surface area contributed by atoms with Crippen LogP contribution in [0.1, 0.15) is 25.7 Å². The summed E-state index contributed by atoms with van der Waals surface area (Å²) in [6, 6.07) is 0. The summed E-state index contributed by atoms with van der Waals surface area (Å²) in [6.07, 6.45) is 2.09. The second-order valence-electron chi connectivity index (χ2n) is 4.78. The van der Waals surface area contributed by atoms with E-state index in [9.17, 15) is 19.5 Å². The SMILES string of the molecule is O=C1OC(=O)C2(C(=O)O)CC3CCC12C3. The lowest BCUT2D eigenvalue weighted by Gasteiger charge is -2.30. The Labute approximate surface area is 85.4 Å². The topological polar surface area (TPSA) is 80.7 Å². The van der Waals surface area contributed by atoms with Crippen molar-refractivity contribution in [3.8, 4) is 0 Å². The molecule has 5 heteroatoms. The van der Waals surface area contributed by atoms with Gasteiger partial charge in [-0.3, -0.25) is 14.4 Å². The summed E-state index contributed by atoms with van der Waals surface area (Å²) < 4.78 is 4.56. The fraction of sp³-hybridized carbons (Fsp3) is 0.700. The third-order valence-electron chi connectivity index (χ3n) is 4.32. The molecule has 3 atom stereocenters. The van der Waals surface area contributed by atoms with E-state index in [-0.39, 0.29) is 12.3 Å². The van der Waals surface area contributed by atoms with Crippen LogP contribution in [0.2, 0.25) is 0 Å². The van der Waals surface area contributed by atoms with Crippen molar-refractivity contribution in [3.63, 3.8) is 0 Å². The summed E-state index contributed by atoms with van der Waals surface area (Å²) >= 11 is 0. The Morgan fingerprint density at radius 3 is 2.60 bits per heavy atom. The minimum absolute atomic E-state index is 0.192. The highest BCUT2D eigenvalue weighted by molar-refractivity contribution is 6.14. The van der Waals surface area contributed by atoms with Crippen molar-refractivity contribution in [1.29, 1.82) is 0 Å². The van der Waals surface area contributed by atoms with Gasteiger partial charge in [0.2, 0.25) is 0 Å². The third-order valence-corrected chi connectivity index (χ3v) is 4.32. The maximum absolute atomic E-state index is 11.6. The number of aliphatic carboxylic acids is 1. The number of hydrogen-bond acceptors (Lipinski definition) is 4. The van der Waals surface area contributed by atoms with E-state index in [0.29, 0.717) is 12.8 Å². The first-order valence-electron chi connectivity index (χ1n) is 5.03. The van der Waals surface area contributed by atoms with Crippen LogP contribution in [0.25, 0.3) is 0 Å². The Morgan fingerprint density at radius 2 is 2.07 bits per heavy atom. The number of carbonyl (C=O) groups is 3. The summed E-state index contributed by atoms with van der Waals surface area (Å²) in [5.41, 5.74) is -2.60. The van der Waals surface area contributed by atoms with Crippen LogP contribution in [0.3, 0.4) is 0 Å². The van der Waals surface area contributed by atoms with Gasteiger partial charge in [0.1, 0.15) is 0 Å². The Bertz CT molecular complexity index is 401. The Hall–Kier alpha value is -1.39. The third kappa shape index (κ3) is 0.682. The van der Waals surface area contributed by atoms with Gasteiger partial charge in [0.25, 0.3) is 0 Å². The zero-order valence-corrected chi connectivity index (χ0v) is 7.99. The van der Waals surface area contributed by atoms with Gasteiger partial charge in [-0.2, -0.15) is 0 Å². The molecule has 0 aromatic heterocycles. The number of fused-ring (bicyclic) bond motifs is 1. The first kappa shape index (κ1) is 8.88. The van der Waals surface area contributed by atoms with E-state index in [1.165, 1.54) is 0 Å². The van der Waals surface area contributed by atoms with Crippen LogP contribution in [0, 0.1) is 16.7 Å². The van der Waals surface area contributed by atoms with Crippen LogP contribution >= 0.6 is 0 Å². The molecule has 2 saturated carbocycles. The van der Waals surface area contributed by atoms with Gasteiger partial charge in [-0.25, -0.2) is 0 Å². The molecule has 3 rings (SSSR count). The van der Waals surface area contributed by atoms with Gasteiger partial charge in [-0.05, 0) is 31.6 Å². The van der Waals surface area contributed by atoms with Crippen LogP contribution in [0.15, 0.2) is 0 Å². The smallest absolute Gasteiger partial charge is 0.332 e. The van der Waals surface area contributed by atoms with E-state index in [4.69, 9.17) is 0 Å². The average molecular weight is 210 g/mol. The van der Waals surface area contributed by atoms with Crippen LogP contribution in [-0.4, -0.2) is 23.0 Å². The van der Waals surface area contributed by atoms with Crippen LogP contribution in [0.4, 0.5) is 0 Å². The molecule has 15 heavy (non-hydrogen) atoms. The summed E-state index contributed by atoms with van der Waals surface area (Å²) in [7, 11) is 0. The molecule has 0 aromatic rings. The molecule has 0 amide bonds.